The van der Waals surface area contributed by atoms with Crippen LogP contribution in [0.25, 0.3) is 0 Å². The number of nitrogens with one attached hydrogen (secondary N) is 1. The molecule has 0 radical (unpaired) electrons. The van der Waals surface area contributed by atoms with Gasteiger partial charge in [-0.3, -0.25) is 0 Å². The molecule has 0 saturated carbocycles. The van der Waals surface area contributed by atoms with E-state index in [2.05, 4.69) is 4.98 Å². The van der Waals surface area contributed by atoms with Gasteiger partial charge in [-0.15, -0.1) is 0 Å². The molecule has 1 unspecified atom stereocenters. The van der Waals surface area contributed by atoms with Gasteiger partial charge < -0.3 is 4.98 Å². The van der Waals surface area contributed by atoms with Crippen molar-refractivity contribution in [2.45, 2.75) is 24.6 Å². The summed E-state index contributed by atoms with van der Waals surface area (Å²) >= 11 is 0. The molecule has 5 heteroatoms. The molecular formula is C15H18N2O2S. The first-order valence-corrected chi connectivity index (χ1v) is 8.44. The lowest BCUT2D eigenvalue weighted by atomic mass is 10.2. The van der Waals surface area contributed by atoms with Gasteiger partial charge in [-0.25, -0.2) is 8.42 Å². The lowest BCUT2D eigenvalue weighted by molar-refractivity contribution is 0.391. The smallest absolute Gasteiger partial charge is 0.218 e. The summed E-state index contributed by atoms with van der Waals surface area (Å²) in [7, 11) is -3.27. The zero-order valence-corrected chi connectivity index (χ0v) is 12.0. The quantitative estimate of drug-likeness (QED) is 0.941. The highest BCUT2D eigenvalue weighted by Gasteiger charge is 2.35. The van der Waals surface area contributed by atoms with Crippen molar-refractivity contribution in [1.82, 2.24) is 9.29 Å². The lowest BCUT2D eigenvalue weighted by Crippen LogP contribution is -2.31. The van der Waals surface area contributed by atoms with E-state index in [9.17, 15) is 8.42 Å². The second-order valence-electron chi connectivity index (χ2n) is 5.14. The fourth-order valence-corrected chi connectivity index (χ4v) is 4.60. The van der Waals surface area contributed by atoms with Crippen molar-refractivity contribution in [1.29, 1.82) is 0 Å². The van der Waals surface area contributed by atoms with Crippen LogP contribution in [0.1, 0.15) is 30.1 Å². The summed E-state index contributed by atoms with van der Waals surface area (Å²) < 4.78 is 26.9. The number of hydrogen-bond acceptors (Lipinski definition) is 2. The molecule has 4 nitrogen and oxygen atoms in total. The van der Waals surface area contributed by atoms with E-state index in [0.29, 0.717) is 6.54 Å². The van der Waals surface area contributed by atoms with Crippen LogP contribution in [0.2, 0.25) is 0 Å². The van der Waals surface area contributed by atoms with E-state index in [4.69, 9.17) is 0 Å². The van der Waals surface area contributed by atoms with Gasteiger partial charge in [-0.05, 0) is 30.5 Å². The molecule has 0 bridgehead atoms. The number of benzene rings is 1. The molecule has 1 aromatic carbocycles. The molecule has 3 rings (SSSR count). The minimum absolute atomic E-state index is 0.0429. The van der Waals surface area contributed by atoms with Gasteiger partial charge >= 0.3 is 0 Å². The fourth-order valence-electron chi connectivity index (χ4n) is 2.80. The van der Waals surface area contributed by atoms with E-state index < -0.39 is 10.0 Å². The topological polar surface area (TPSA) is 53.2 Å². The summed E-state index contributed by atoms with van der Waals surface area (Å²) in [6.07, 6.45) is 3.64. The molecule has 1 aromatic heterocycles. The maximum absolute atomic E-state index is 12.6. The lowest BCUT2D eigenvalue weighted by Gasteiger charge is -2.23. The Labute approximate surface area is 119 Å². The van der Waals surface area contributed by atoms with Crippen LogP contribution < -0.4 is 0 Å². The molecule has 2 aromatic rings. The largest absolute Gasteiger partial charge is 0.364 e. The first kappa shape index (κ1) is 13.4. The molecule has 1 N–H and O–H groups in total. The maximum atomic E-state index is 12.6. The second kappa shape index (κ2) is 5.42. The summed E-state index contributed by atoms with van der Waals surface area (Å²) in [6.45, 7) is 0.610. The number of rotatable bonds is 4. The Kier molecular flexibility index (Phi) is 3.63. The van der Waals surface area contributed by atoms with Crippen molar-refractivity contribution in [2.24, 2.45) is 0 Å². The van der Waals surface area contributed by atoms with Gasteiger partial charge in [0.05, 0.1) is 11.8 Å². The van der Waals surface area contributed by atoms with E-state index in [1.807, 2.05) is 48.7 Å². The first-order chi connectivity index (χ1) is 9.67. The Bertz CT molecular complexity index is 650. The third-order valence-electron chi connectivity index (χ3n) is 3.73. The molecule has 1 saturated heterocycles. The summed E-state index contributed by atoms with van der Waals surface area (Å²) in [5.41, 5.74) is 1.82. The van der Waals surface area contributed by atoms with Gasteiger partial charge in [-0.1, -0.05) is 30.3 Å². The Morgan fingerprint density at radius 3 is 2.65 bits per heavy atom. The number of aromatic nitrogens is 1. The van der Waals surface area contributed by atoms with Crippen LogP contribution in [0, 0.1) is 0 Å². The van der Waals surface area contributed by atoms with Crippen LogP contribution in [0.5, 0.6) is 0 Å². The van der Waals surface area contributed by atoms with E-state index >= 15 is 0 Å². The molecule has 0 amide bonds. The highest BCUT2D eigenvalue weighted by atomic mass is 32.2. The molecule has 20 heavy (non-hydrogen) atoms. The van der Waals surface area contributed by atoms with Crippen molar-refractivity contribution in [3.63, 3.8) is 0 Å². The highest BCUT2D eigenvalue weighted by molar-refractivity contribution is 7.88. The molecule has 2 heterocycles. The van der Waals surface area contributed by atoms with Crippen molar-refractivity contribution in [3.8, 4) is 0 Å². The second-order valence-corrected chi connectivity index (χ2v) is 7.06. The van der Waals surface area contributed by atoms with Gasteiger partial charge in [-0.2, -0.15) is 4.31 Å². The molecular weight excluding hydrogens is 272 g/mol. The van der Waals surface area contributed by atoms with Crippen LogP contribution in [0.4, 0.5) is 0 Å². The van der Waals surface area contributed by atoms with E-state index in [-0.39, 0.29) is 11.8 Å². The van der Waals surface area contributed by atoms with Gasteiger partial charge in [0, 0.05) is 18.4 Å². The summed E-state index contributed by atoms with van der Waals surface area (Å²) in [5.74, 6) is 0.0745. The predicted molar refractivity (Wildman–Crippen MR) is 78.5 cm³/mol. The molecule has 0 spiro atoms. The van der Waals surface area contributed by atoms with Crippen LogP contribution in [-0.4, -0.2) is 24.3 Å². The predicted octanol–water partition coefficient (Wildman–Crippen LogP) is 2.68. The van der Waals surface area contributed by atoms with Crippen molar-refractivity contribution < 1.29 is 8.42 Å². The highest BCUT2D eigenvalue weighted by Crippen LogP contribution is 2.34. The zero-order valence-electron chi connectivity index (χ0n) is 11.2. The number of sulfonamides is 1. The zero-order chi connectivity index (χ0) is 14.0. The summed E-state index contributed by atoms with van der Waals surface area (Å²) in [4.78, 5) is 3.14. The van der Waals surface area contributed by atoms with Crippen LogP contribution in [-0.2, 0) is 15.8 Å². The average Bonchev–Trinajstić information content (AvgIpc) is 3.10. The summed E-state index contributed by atoms with van der Waals surface area (Å²) in [6, 6.07) is 13.2. The Balaban J connectivity index is 1.83. The number of nitrogens with zero attached hydrogens (tertiary/aromatic N) is 1. The van der Waals surface area contributed by atoms with Gasteiger partial charge in [0.15, 0.2) is 0 Å². The van der Waals surface area contributed by atoms with Crippen molar-refractivity contribution >= 4 is 10.0 Å². The summed E-state index contributed by atoms with van der Waals surface area (Å²) in [5, 5.41) is 0. The van der Waals surface area contributed by atoms with E-state index in [1.165, 1.54) is 0 Å². The Morgan fingerprint density at radius 1 is 1.15 bits per heavy atom. The third kappa shape index (κ3) is 2.64. The van der Waals surface area contributed by atoms with Crippen molar-refractivity contribution in [3.05, 3.63) is 59.9 Å². The fraction of sp³-hybridized carbons (Fsp3) is 0.333. The number of hydrogen-bond donors (Lipinski definition) is 1. The van der Waals surface area contributed by atoms with Gasteiger partial charge in [0.1, 0.15) is 0 Å². The minimum atomic E-state index is -3.27. The van der Waals surface area contributed by atoms with Gasteiger partial charge in [0.2, 0.25) is 10.0 Å². The van der Waals surface area contributed by atoms with Crippen LogP contribution >= 0.6 is 0 Å². The molecule has 1 aliphatic heterocycles. The van der Waals surface area contributed by atoms with Crippen LogP contribution in [0.3, 0.4) is 0 Å². The molecule has 1 fully saturated rings. The number of H-pyrrole nitrogens is 1. The van der Waals surface area contributed by atoms with E-state index in [0.717, 1.165) is 24.1 Å². The maximum Gasteiger partial charge on any atom is 0.218 e. The van der Waals surface area contributed by atoms with E-state index in [1.54, 1.807) is 4.31 Å². The molecule has 1 aliphatic rings. The molecule has 106 valence electrons. The Hall–Kier alpha value is -1.59. The Morgan fingerprint density at radius 2 is 1.95 bits per heavy atom. The average molecular weight is 290 g/mol. The molecule has 1 atom stereocenters. The monoisotopic (exact) mass is 290 g/mol. The first-order valence-electron chi connectivity index (χ1n) is 6.83. The van der Waals surface area contributed by atoms with Crippen molar-refractivity contribution in [2.75, 3.05) is 6.54 Å². The third-order valence-corrected chi connectivity index (χ3v) is 5.58. The minimum Gasteiger partial charge on any atom is -0.364 e. The van der Waals surface area contributed by atoms with Crippen LogP contribution in [0.15, 0.2) is 48.7 Å². The normalized spacial score (nSPS) is 20.3. The SMILES string of the molecule is O=S(=O)(Cc1ccccc1)N1CCCC1c1ccc[nH]1. The molecule has 0 aliphatic carbocycles. The number of aromatic amines is 1. The standard InChI is InChI=1S/C15H18N2O2S/c18-20(19,12-13-6-2-1-3-7-13)17-11-5-9-15(17)14-8-4-10-16-14/h1-4,6-8,10,15-16H,5,9,11-12H2. The van der Waals surface area contributed by atoms with Gasteiger partial charge in [0.25, 0.3) is 0 Å².